The summed E-state index contributed by atoms with van der Waals surface area (Å²) >= 11 is 0. The first-order chi connectivity index (χ1) is 13.7. The zero-order valence-electron chi connectivity index (χ0n) is 15.9. The normalized spacial score (nSPS) is 19.6. The highest BCUT2D eigenvalue weighted by Crippen LogP contribution is 2.53. The van der Waals surface area contributed by atoms with Gasteiger partial charge < -0.3 is 28.4 Å². The van der Waals surface area contributed by atoms with Crippen molar-refractivity contribution >= 4 is 5.57 Å². The van der Waals surface area contributed by atoms with Crippen LogP contribution in [0.1, 0.15) is 12.0 Å². The molecular weight excluding hydrogens is 360 g/mol. The molecule has 6 heteroatoms. The van der Waals surface area contributed by atoms with E-state index in [-0.39, 0.29) is 12.9 Å². The molecule has 1 aromatic rings. The maximum Gasteiger partial charge on any atom is 0.230 e. The molecule has 3 aliphatic rings. The summed E-state index contributed by atoms with van der Waals surface area (Å²) in [6, 6.07) is 1.86. The van der Waals surface area contributed by atoms with Gasteiger partial charge in [0.15, 0.2) is 17.3 Å². The average Bonchev–Trinajstić information content (AvgIpc) is 3.22. The SMILES string of the molecule is C=CCOc1c(OC)cc2c(c1OC)O[C@H](C1=CC3=C(CC=C1)OCO3)C2=C. The minimum absolute atomic E-state index is 0.240. The van der Waals surface area contributed by atoms with E-state index in [0.717, 1.165) is 28.2 Å². The van der Waals surface area contributed by atoms with Gasteiger partial charge in [-0.05, 0) is 12.1 Å². The molecule has 0 N–H and O–H groups in total. The molecule has 6 nitrogen and oxygen atoms in total. The Hall–Kier alpha value is -3.28. The maximum atomic E-state index is 6.28. The lowest BCUT2D eigenvalue weighted by molar-refractivity contribution is 0.0730. The van der Waals surface area contributed by atoms with Gasteiger partial charge in [0, 0.05) is 23.1 Å². The van der Waals surface area contributed by atoms with Gasteiger partial charge in [-0.25, -0.2) is 0 Å². The average molecular weight is 382 g/mol. The number of methoxy groups -OCH3 is 2. The molecule has 0 aromatic heterocycles. The fourth-order valence-electron chi connectivity index (χ4n) is 3.43. The Kier molecular flexibility index (Phi) is 4.77. The third-order valence-electron chi connectivity index (χ3n) is 4.76. The Morgan fingerprint density at radius 2 is 2.07 bits per heavy atom. The highest BCUT2D eigenvalue weighted by Gasteiger charge is 2.36. The Labute approximate surface area is 163 Å². The molecule has 0 bridgehead atoms. The van der Waals surface area contributed by atoms with Gasteiger partial charge in [0.1, 0.15) is 18.5 Å². The van der Waals surface area contributed by atoms with Crippen LogP contribution < -0.4 is 18.9 Å². The van der Waals surface area contributed by atoms with Crippen molar-refractivity contribution < 1.29 is 28.4 Å². The Morgan fingerprint density at radius 1 is 1.21 bits per heavy atom. The van der Waals surface area contributed by atoms with E-state index in [9.17, 15) is 0 Å². The van der Waals surface area contributed by atoms with Gasteiger partial charge in [0.25, 0.3) is 0 Å². The molecule has 0 amide bonds. The van der Waals surface area contributed by atoms with E-state index >= 15 is 0 Å². The molecule has 0 saturated carbocycles. The van der Waals surface area contributed by atoms with Gasteiger partial charge in [0.05, 0.1) is 14.2 Å². The van der Waals surface area contributed by atoms with Gasteiger partial charge in [-0.15, -0.1) is 0 Å². The number of hydrogen-bond donors (Lipinski definition) is 0. The Morgan fingerprint density at radius 3 is 2.82 bits per heavy atom. The predicted octanol–water partition coefficient (Wildman–Crippen LogP) is 4.15. The van der Waals surface area contributed by atoms with Crippen molar-refractivity contribution in [1.82, 2.24) is 0 Å². The van der Waals surface area contributed by atoms with E-state index in [1.165, 1.54) is 0 Å². The molecule has 0 saturated heterocycles. The lowest BCUT2D eigenvalue weighted by Crippen LogP contribution is -2.14. The number of fused-ring (bicyclic) bond motifs is 1. The summed E-state index contributed by atoms with van der Waals surface area (Å²) < 4.78 is 34.2. The van der Waals surface area contributed by atoms with Crippen molar-refractivity contribution in [3.05, 3.63) is 66.2 Å². The van der Waals surface area contributed by atoms with Gasteiger partial charge in [0.2, 0.25) is 18.3 Å². The van der Waals surface area contributed by atoms with Crippen LogP contribution in [0.15, 0.2) is 60.6 Å². The third kappa shape index (κ3) is 2.91. The second kappa shape index (κ2) is 7.38. The van der Waals surface area contributed by atoms with Crippen LogP contribution in [0.25, 0.3) is 5.57 Å². The first-order valence-corrected chi connectivity index (χ1v) is 8.93. The lowest BCUT2D eigenvalue weighted by atomic mass is 9.97. The van der Waals surface area contributed by atoms with Gasteiger partial charge in [-0.1, -0.05) is 31.4 Å². The zero-order valence-corrected chi connectivity index (χ0v) is 15.9. The minimum Gasteiger partial charge on any atom is -0.493 e. The highest BCUT2D eigenvalue weighted by atomic mass is 16.7. The summed E-state index contributed by atoms with van der Waals surface area (Å²) in [7, 11) is 3.15. The largest absolute Gasteiger partial charge is 0.493 e. The van der Waals surface area contributed by atoms with Crippen molar-refractivity contribution in [2.45, 2.75) is 12.5 Å². The van der Waals surface area contributed by atoms with E-state index < -0.39 is 0 Å². The van der Waals surface area contributed by atoms with Crippen molar-refractivity contribution in [2.75, 3.05) is 27.6 Å². The number of hydrogen-bond acceptors (Lipinski definition) is 6. The number of rotatable bonds is 6. The van der Waals surface area contributed by atoms with Crippen LogP contribution in [0.5, 0.6) is 23.0 Å². The molecule has 146 valence electrons. The molecule has 2 aliphatic heterocycles. The molecule has 0 fully saturated rings. The molecular formula is C22H22O6. The Balaban J connectivity index is 1.75. The predicted molar refractivity (Wildman–Crippen MR) is 105 cm³/mol. The standard InChI is InChI=1S/C22H22O6/c1-5-9-25-21-18(23-3)11-15-13(2)19(28-20(15)22(21)24-4)14-7-6-8-16-17(10-14)27-12-26-16/h5-7,10-11,19H,1-2,8-9,12H2,3-4H3/t19-/m0/s1. The van der Waals surface area contributed by atoms with Gasteiger partial charge >= 0.3 is 0 Å². The number of benzene rings is 1. The van der Waals surface area contributed by atoms with Crippen LogP contribution in [-0.2, 0) is 9.47 Å². The van der Waals surface area contributed by atoms with Gasteiger partial charge in [-0.2, -0.15) is 0 Å². The summed E-state index contributed by atoms with van der Waals surface area (Å²) in [5.74, 6) is 3.62. The van der Waals surface area contributed by atoms with Crippen LogP contribution >= 0.6 is 0 Å². The topological polar surface area (TPSA) is 55.4 Å². The fraction of sp³-hybridized carbons (Fsp3) is 0.273. The third-order valence-corrected chi connectivity index (χ3v) is 4.76. The summed E-state index contributed by atoms with van der Waals surface area (Å²) in [6.07, 6.45) is 7.93. The zero-order chi connectivity index (χ0) is 19.7. The van der Waals surface area contributed by atoms with E-state index in [1.807, 2.05) is 24.3 Å². The first-order valence-electron chi connectivity index (χ1n) is 8.93. The quantitative estimate of drug-likeness (QED) is 0.689. The first kappa shape index (κ1) is 18.1. The van der Waals surface area contributed by atoms with E-state index in [0.29, 0.717) is 36.0 Å². The van der Waals surface area contributed by atoms with Crippen molar-refractivity contribution in [1.29, 1.82) is 0 Å². The fourth-order valence-corrected chi connectivity index (χ4v) is 3.43. The second-order valence-electron chi connectivity index (χ2n) is 6.39. The molecule has 2 heterocycles. The summed E-state index contributed by atoms with van der Waals surface area (Å²) in [5, 5.41) is 0. The molecule has 1 aliphatic carbocycles. The van der Waals surface area contributed by atoms with Crippen LogP contribution in [-0.4, -0.2) is 33.7 Å². The molecule has 0 spiro atoms. The van der Waals surface area contributed by atoms with Crippen LogP contribution in [0, 0.1) is 0 Å². The molecule has 0 radical (unpaired) electrons. The van der Waals surface area contributed by atoms with Crippen molar-refractivity contribution in [3.8, 4) is 23.0 Å². The molecule has 1 atom stereocenters. The van der Waals surface area contributed by atoms with Gasteiger partial charge in [-0.3, -0.25) is 0 Å². The number of allylic oxidation sites excluding steroid dienone is 2. The van der Waals surface area contributed by atoms with Crippen molar-refractivity contribution in [2.24, 2.45) is 0 Å². The van der Waals surface area contributed by atoms with Crippen LogP contribution in [0.2, 0.25) is 0 Å². The minimum atomic E-state index is -0.379. The molecule has 1 aromatic carbocycles. The molecule has 28 heavy (non-hydrogen) atoms. The van der Waals surface area contributed by atoms with Crippen molar-refractivity contribution in [3.63, 3.8) is 0 Å². The van der Waals surface area contributed by atoms with E-state index in [2.05, 4.69) is 13.2 Å². The molecule has 4 rings (SSSR count). The maximum absolute atomic E-state index is 6.28. The summed E-state index contributed by atoms with van der Waals surface area (Å²) in [4.78, 5) is 0. The Bertz CT molecular complexity index is 921. The van der Waals surface area contributed by atoms with E-state index in [1.54, 1.807) is 20.3 Å². The van der Waals surface area contributed by atoms with Crippen LogP contribution in [0.3, 0.4) is 0 Å². The highest BCUT2D eigenvalue weighted by molar-refractivity contribution is 5.84. The lowest BCUT2D eigenvalue weighted by Gasteiger charge is -2.17. The second-order valence-corrected chi connectivity index (χ2v) is 6.39. The number of ether oxygens (including phenoxy) is 6. The summed E-state index contributed by atoms with van der Waals surface area (Å²) in [6.45, 7) is 8.50. The van der Waals surface area contributed by atoms with E-state index in [4.69, 9.17) is 28.4 Å². The smallest absolute Gasteiger partial charge is 0.230 e. The van der Waals surface area contributed by atoms with Crippen LogP contribution in [0.4, 0.5) is 0 Å². The molecule has 0 unspecified atom stereocenters. The summed E-state index contributed by atoms with van der Waals surface area (Å²) in [5.41, 5.74) is 2.55. The monoisotopic (exact) mass is 382 g/mol.